The number of carbonyl (C=O) groups excluding carboxylic acids is 1. The third kappa shape index (κ3) is 5.14. The first kappa shape index (κ1) is 13.0. The number of carboxylic acid groups (broad SMARTS) is 1. The normalized spacial score (nSPS) is 16.8. The highest BCUT2D eigenvalue weighted by Crippen LogP contribution is 2.28. The number of aliphatic carboxylic acids is 1. The van der Waals surface area contributed by atoms with Crippen LogP contribution in [0.25, 0.3) is 0 Å². The van der Waals surface area contributed by atoms with E-state index in [1.807, 2.05) is 0 Å². The lowest BCUT2D eigenvalue weighted by Crippen LogP contribution is -2.27. The van der Waals surface area contributed by atoms with Gasteiger partial charge in [-0.1, -0.05) is 13.3 Å². The number of hydrogen-bond donors (Lipinski definition) is 2. The minimum Gasteiger partial charge on any atom is -0.481 e. The minimum absolute atomic E-state index is 0.174. The van der Waals surface area contributed by atoms with Crippen molar-refractivity contribution in [1.82, 2.24) is 5.32 Å². The van der Waals surface area contributed by atoms with E-state index in [4.69, 9.17) is 5.11 Å². The molecule has 0 spiro atoms. The van der Waals surface area contributed by atoms with E-state index in [1.165, 1.54) is 0 Å². The molecular formula is C12H21NO3. The van der Waals surface area contributed by atoms with Crippen LogP contribution >= 0.6 is 0 Å². The summed E-state index contributed by atoms with van der Waals surface area (Å²) in [7, 11) is 0. The van der Waals surface area contributed by atoms with Gasteiger partial charge in [0, 0.05) is 18.9 Å². The number of rotatable bonds is 8. The van der Waals surface area contributed by atoms with E-state index in [9.17, 15) is 9.59 Å². The van der Waals surface area contributed by atoms with Gasteiger partial charge in [-0.05, 0) is 31.6 Å². The zero-order chi connectivity index (χ0) is 12.0. The predicted molar refractivity (Wildman–Crippen MR) is 61.0 cm³/mol. The van der Waals surface area contributed by atoms with Crippen molar-refractivity contribution >= 4 is 11.9 Å². The Hall–Kier alpha value is -1.06. The van der Waals surface area contributed by atoms with Gasteiger partial charge in [0.2, 0.25) is 5.91 Å². The first-order valence-corrected chi connectivity index (χ1v) is 6.13. The highest BCUT2D eigenvalue weighted by molar-refractivity contribution is 5.80. The lowest BCUT2D eigenvalue weighted by atomic mass is 9.96. The maximum Gasteiger partial charge on any atom is 0.303 e. The molecule has 0 heterocycles. The van der Waals surface area contributed by atoms with Crippen molar-refractivity contribution in [2.45, 2.75) is 45.4 Å². The molecule has 2 N–H and O–H groups in total. The van der Waals surface area contributed by atoms with Crippen molar-refractivity contribution in [3.05, 3.63) is 0 Å². The van der Waals surface area contributed by atoms with E-state index >= 15 is 0 Å². The maximum absolute atomic E-state index is 11.3. The highest BCUT2D eigenvalue weighted by Gasteiger charge is 2.29. The van der Waals surface area contributed by atoms with E-state index in [0.717, 1.165) is 25.7 Å². The van der Waals surface area contributed by atoms with E-state index in [-0.39, 0.29) is 18.2 Å². The quantitative estimate of drug-likeness (QED) is 0.664. The van der Waals surface area contributed by atoms with Gasteiger partial charge >= 0.3 is 5.97 Å². The second kappa shape index (κ2) is 6.51. The van der Waals surface area contributed by atoms with E-state index in [2.05, 4.69) is 12.2 Å². The fourth-order valence-corrected chi connectivity index (χ4v) is 1.77. The molecule has 0 aliphatic heterocycles. The number of carboxylic acids is 1. The maximum atomic E-state index is 11.3. The average molecular weight is 227 g/mol. The molecule has 0 aromatic heterocycles. The SMILES string of the molecule is CCC(CCNC(=O)C1CC1)CCC(=O)O. The van der Waals surface area contributed by atoms with Gasteiger partial charge in [0.1, 0.15) is 0 Å². The summed E-state index contributed by atoms with van der Waals surface area (Å²) in [5.74, 6) is 0.114. The van der Waals surface area contributed by atoms with Crippen LogP contribution in [0.3, 0.4) is 0 Å². The molecule has 0 aromatic carbocycles. The van der Waals surface area contributed by atoms with Gasteiger partial charge in [-0.2, -0.15) is 0 Å². The Kier molecular flexibility index (Phi) is 5.29. The van der Waals surface area contributed by atoms with Crippen LogP contribution in [0, 0.1) is 11.8 Å². The van der Waals surface area contributed by atoms with Crippen LogP contribution in [0.2, 0.25) is 0 Å². The van der Waals surface area contributed by atoms with E-state index in [1.54, 1.807) is 0 Å². The molecule has 16 heavy (non-hydrogen) atoms. The summed E-state index contributed by atoms with van der Waals surface area (Å²) < 4.78 is 0. The van der Waals surface area contributed by atoms with Crippen LogP contribution < -0.4 is 5.32 Å². The fraction of sp³-hybridized carbons (Fsp3) is 0.833. The van der Waals surface area contributed by atoms with Crippen molar-refractivity contribution in [2.75, 3.05) is 6.54 Å². The fourth-order valence-electron chi connectivity index (χ4n) is 1.77. The average Bonchev–Trinajstić information content (AvgIpc) is 3.06. The lowest BCUT2D eigenvalue weighted by molar-refractivity contribution is -0.137. The number of nitrogens with one attached hydrogen (secondary N) is 1. The van der Waals surface area contributed by atoms with Crippen LogP contribution in [0.15, 0.2) is 0 Å². The lowest BCUT2D eigenvalue weighted by Gasteiger charge is -2.13. The number of carbonyl (C=O) groups is 2. The van der Waals surface area contributed by atoms with Crippen molar-refractivity contribution < 1.29 is 14.7 Å². The third-order valence-electron chi connectivity index (χ3n) is 3.14. The molecule has 1 aliphatic carbocycles. The Balaban J connectivity index is 2.07. The van der Waals surface area contributed by atoms with Crippen LogP contribution in [0.4, 0.5) is 0 Å². The van der Waals surface area contributed by atoms with Gasteiger partial charge in [-0.15, -0.1) is 0 Å². The predicted octanol–water partition coefficient (Wildman–Crippen LogP) is 1.79. The third-order valence-corrected chi connectivity index (χ3v) is 3.14. The molecule has 92 valence electrons. The summed E-state index contributed by atoms with van der Waals surface area (Å²) in [6, 6.07) is 0. The molecule has 0 radical (unpaired) electrons. The standard InChI is InChI=1S/C12H21NO3/c1-2-9(3-6-11(14)15)7-8-13-12(16)10-4-5-10/h9-10H,2-8H2,1H3,(H,13,16)(H,14,15). The van der Waals surface area contributed by atoms with Crippen LogP contribution in [0.5, 0.6) is 0 Å². The second-order valence-corrected chi connectivity index (χ2v) is 4.56. The van der Waals surface area contributed by atoms with Gasteiger partial charge < -0.3 is 10.4 Å². The Bertz CT molecular complexity index is 249. The molecule has 1 saturated carbocycles. The van der Waals surface area contributed by atoms with Crippen molar-refractivity contribution in [2.24, 2.45) is 11.8 Å². The Morgan fingerprint density at radius 3 is 2.56 bits per heavy atom. The van der Waals surface area contributed by atoms with Gasteiger partial charge in [-0.3, -0.25) is 9.59 Å². The Morgan fingerprint density at radius 2 is 2.06 bits per heavy atom. The summed E-state index contributed by atoms with van der Waals surface area (Å²) >= 11 is 0. The molecule has 4 heteroatoms. The van der Waals surface area contributed by atoms with Gasteiger partial charge in [0.15, 0.2) is 0 Å². The zero-order valence-corrected chi connectivity index (χ0v) is 9.87. The molecular weight excluding hydrogens is 206 g/mol. The summed E-state index contributed by atoms with van der Waals surface area (Å²) in [6.45, 7) is 2.75. The monoisotopic (exact) mass is 227 g/mol. The van der Waals surface area contributed by atoms with Gasteiger partial charge in [0.25, 0.3) is 0 Å². The molecule has 1 fully saturated rings. The van der Waals surface area contributed by atoms with Crippen LogP contribution in [-0.2, 0) is 9.59 Å². The topological polar surface area (TPSA) is 66.4 Å². The molecule has 0 aromatic rings. The van der Waals surface area contributed by atoms with Crippen molar-refractivity contribution in [3.8, 4) is 0 Å². The summed E-state index contributed by atoms with van der Waals surface area (Å²) in [4.78, 5) is 21.8. The first-order valence-electron chi connectivity index (χ1n) is 6.13. The summed E-state index contributed by atoms with van der Waals surface area (Å²) in [6.07, 6.45) is 4.87. The molecule has 1 aliphatic rings. The Morgan fingerprint density at radius 1 is 1.38 bits per heavy atom. The second-order valence-electron chi connectivity index (χ2n) is 4.56. The smallest absolute Gasteiger partial charge is 0.303 e. The zero-order valence-electron chi connectivity index (χ0n) is 9.87. The molecule has 4 nitrogen and oxygen atoms in total. The molecule has 1 amide bonds. The highest BCUT2D eigenvalue weighted by atomic mass is 16.4. The largest absolute Gasteiger partial charge is 0.481 e. The van der Waals surface area contributed by atoms with E-state index in [0.29, 0.717) is 18.9 Å². The summed E-state index contributed by atoms with van der Waals surface area (Å²) in [5, 5.41) is 11.5. The minimum atomic E-state index is -0.736. The van der Waals surface area contributed by atoms with Gasteiger partial charge in [0.05, 0.1) is 0 Å². The van der Waals surface area contributed by atoms with Crippen LogP contribution in [-0.4, -0.2) is 23.5 Å². The summed E-state index contributed by atoms with van der Waals surface area (Å²) in [5.41, 5.74) is 0. The van der Waals surface area contributed by atoms with Gasteiger partial charge in [-0.25, -0.2) is 0 Å². The Labute approximate surface area is 96.4 Å². The molecule has 0 saturated heterocycles. The molecule has 1 unspecified atom stereocenters. The number of amides is 1. The molecule has 0 bridgehead atoms. The molecule has 1 rings (SSSR count). The number of hydrogen-bond acceptors (Lipinski definition) is 2. The van der Waals surface area contributed by atoms with E-state index < -0.39 is 5.97 Å². The van der Waals surface area contributed by atoms with Crippen LogP contribution in [0.1, 0.15) is 45.4 Å². The molecule has 1 atom stereocenters. The van der Waals surface area contributed by atoms with Crippen molar-refractivity contribution in [3.63, 3.8) is 0 Å². The first-order chi connectivity index (χ1) is 7.63. The van der Waals surface area contributed by atoms with Crippen molar-refractivity contribution in [1.29, 1.82) is 0 Å².